The average Bonchev–Trinajstić information content (AvgIpc) is 2.60. The molecule has 1 fully saturated rings. The first-order chi connectivity index (χ1) is 7.57. The molecule has 0 aromatic carbocycles. The molecule has 1 aromatic heterocycles. The molecule has 1 saturated carbocycles. The van der Waals surface area contributed by atoms with Crippen molar-refractivity contribution in [2.45, 2.75) is 57.9 Å². The van der Waals surface area contributed by atoms with E-state index >= 15 is 0 Å². The van der Waals surface area contributed by atoms with Crippen LogP contribution in [-0.2, 0) is 12.8 Å². The summed E-state index contributed by atoms with van der Waals surface area (Å²) < 4.78 is 5.23. The maximum atomic E-state index is 6.14. The Labute approximate surface area is 96.6 Å². The van der Waals surface area contributed by atoms with Crippen LogP contribution in [0.4, 0.5) is 0 Å². The van der Waals surface area contributed by atoms with Gasteiger partial charge in [0.15, 0.2) is 5.82 Å². The summed E-state index contributed by atoms with van der Waals surface area (Å²) >= 11 is 0. The molecule has 0 saturated heterocycles. The van der Waals surface area contributed by atoms with E-state index in [1.165, 1.54) is 6.42 Å². The maximum absolute atomic E-state index is 6.14. The van der Waals surface area contributed by atoms with E-state index in [-0.39, 0.29) is 5.54 Å². The number of hydrogen-bond acceptors (Lipinski definition) is 4. The van der Waals surface area contributed by atoms with E-state index in [4.69, 9.17) is 10.3 Å². The molecule has 0 radical (unpaired) electrons. The van der Waals surface area contributed by atoms with Crippen LogP contribution in [0.15, 0.2) is 4.52 Å². The molecule has 16 heavy (non-hydrogen) atoms. The minimum atomic E-state index is -0.0676. The zero-order chi connectivity index (χ0) is 11.6. The van der Waals surface area contributed by atoms with Gasteiger partial charge in [0.05, 0.1) is 0 Å². The van der Waals surface area contributed by atoms with Crippen LogP contribution >= 0.6 is 0 Å². The van der Waals surface area contributed by atoms with Gasteiger partial charge in [-0.05, 0) is 31.6 Å². The first-order valence-corrected chi connectivity index (χ1v) is 6.18. The molecule has 4 heteroatoms. The number of aromatic nitrogens is 2. The normalized spacial score (nSPS) is 18.8. The zero-order valence-corrected chi connectivity index (χ0v) is 10.2. The summed E-state index contributed by atoms with van der Waals surface area (Å²) in [6.45, 7) is 4.40. The number of hydrogen-bond donors (Lipinski definition) is 1. The molecule has 90 valence electrons. The lowest BCUT2D eigenvalue weighted by molar-refractivity contribution is 0.221. The summed E-state index contributed by atoms with van der Waals surface area (Å²) in [5.74, 6) is 2.21. The number of rotatable bonds is 5. The first-order valence-electron chi connectivity index (χ1n) is 6.18. The third kappa shape index (κ3) is 2.82. The van der Waals surface area contributed by atoms with E-state index < -0.39 is 0 Å². The van der Waals surface area contributed by atoms with Crippen molar-refractivity contribution in [2.75, 3.05) is 0 Å². The molecule has 0 aliphatic heterocycles. The van der Waals surface area contributed by atoms with Crippen LogP contribution in [0.1, 0.15) is 51.2 Å². The summed E-state index contributed by atoms with van der Waals surface area (Å²) in [6, 6.07) is 0. The van der Waals surface area contributed by atoms with Crippen molar-refractivity contribution >= 4 is 0 Å². The second-order valence-corrected chi connectivity index (χ2v) is 5.43. The van der Waals surface area contributed by atoms with Gasteiger partial charge in [0.2, 0.25) is 5.89 Å². The second-order valence-electron chi connectivity index (χ2n) is 5.43. The number of nitrogens with two attached hydrogens (primary N) is 1. The van der Waals surface area contributed by atoms with Crippen LogP contribution in [0.2, 0.25) is 0 Å². The average molecular weight is 223 g/mol. The largest absolute Gasteiger partial charge is 0.339 e. The van der Waals surface area contributed by atoms with Crippen LogP contribution in [0.5, 0.6) is 0 Å². The molecule has 2 N–H and O–H groups in total. The summed E-state index contributed by atoms with van der Waals surface area (Å²) in [5.41, 5.74) is 6.07. The Morgan fingerprint density at radius 3 is 2.75 bits per heavy atom. The highest BCUT2D eigenvalue weighted by Crippen LogP contribution is 2.31. The fourth-order valence-electron chi connectivity index (χ4n) is 1.99. The molecule has 0 spiro atoms. The molecule has 1 aliphatic carbocycles. The van der Waals surface area contributed by atoms with Gasteiger partial charge in [0.1, 0.15) is 0 Å². The topological polar surface area (TPSA) is 64.9 Å². The summed E-state index contributed by atoms with van der Waals surface area (Å²) in [6.07, 6.45) is 6.13. The highest BCUT2D eigenvalue weighted by Gasteiger charge is 2.34. The fourth-order valence-corrected chi connectivity index (χ4v) is 1.99. The molecule has 4 nitrogen and oxygen atoms in total. The lowest BCUT2D eigenvalue weighted by atomic mass is 9.75. The fraction of sp³-hybridized carbons (Fsp3) is 0.833. The van der Waals surface area contributed by atoms with Crippen molar-refractivity contribution in [1.29, 1.82) is 0 Å². The molecule has 0 bridgehead atoms. The Kier molecular flexibility index (Phi) is 3.28. The molecular formula is C12H21N3O. The van der Waals surface area contributed by atoms with Crippen molar-refractivity contribution in [2.24, 2.45) is 11.7 Å². The van der Waals surface area contributed by atoms with E-state index in [2.05, 4.69) is 24.0 Å². The van der Waals surface area contributed by atoms with E-state index in [9.17, 15) is 0 Å². The van der Waals surface area contributed by atoms with Crippen LogP contribution in [0, 0.1) is 5.92 Å². The lowest BCUT2D eigenvalue weighted by Crippen LogP contribution is -2.48. The lowest BCUT2D eigenvalue weighted by Gasteiger charge is -2.36. The highest BCUT2D eigenvalue weighted by molar-refractivity contribution is 5.00. The van der Waals surface area contributed by atoms with Gasteiger partial charge in [0.25, 0.3) is 0 Å². The molecule has 1 aromatic rings. The van der Waals surface area contributed by atoms with Crippen molar-refractivity contribution in [1.82, 2.24) is 10.1 Å². The van der Waals surface area contributed by atoms with Crippen LogP contribution in [0.3, 0.4) is 0 Å². The monoisotopic (exact) mass is 223 g/mol. The van der Waals surface area contributed by atoms with Crippen LogP contribution in [-0.4, -0.2) is 15.7 Å². The van der Waals surface area contributed by atoms with Crippen LogP contribution < -0.4 is 5.73 Å². The van der Waals surface area contributed by atoms with Crippen molar-refractivity contribution < 1.29 is 4.52 Å². The van der Waals surface area contributed by atoms with Gasteiger partial charge in [-0.1, -0.05) is 19.0 Å². The Morgan fingerprint density at radius 2 is 2.19 bits per heavy atom. The van der Waals surface area contributed by atoms with Crippen LogP contribution in [0.25, 0.3) is 0 Å². The highest BCUT2D eigenvalue weighted by atomic mass is 16.5. The quantitative estimate of drug-likeness (QED) is 0.830. The molecule has 1 heterocycles. The molecule has 0 atom stereocenters. The van der Waals surface area contributed by atoms with Crippen molar-refractivity contribution in [3.63, 3.8) is 0 Å². The third-order valence-corrected chi connectivity index (χ3v) is 3.31. The Balaban J connectivity index is 1.87. The summed E-state index contributed by atoms with van der Waals surface area (Å²) in [4.78, 5) is 4.39. The molecule has 0 unspecified atom stereocenters. The Bertz CT molecular complexity index is 342. The maximum Gasteiger partial charge on any atom is 0.228 e. The predicted octanol–water partition coefficient (Wildman–Crippen LogP) is 2.08. The van der Waals surface area contributed by atoms with E-state index in [1.54, 1.807) is 0 Å². The SMILES string of the molecule is CC(C)CCc1noc(CC2(N)CCC2)n1. The van der Waals surface area contributed by atoms with Gasteiger partial charge >= 0.3 is 0 Å². The van der Waals surface area contributed by atoms with Gasteiger partial charge in [0, 0.05) is 18.4 Å². The molecular weight excluding hydrogens is 202 g/mol. The third-order valence-electron chi connectivity index (χ3n) is 3.31. The molecule has 1 aliphatic rings. The van der Waals surface area contributed by atoms with Gasteiger partial charge in [-0.2, -0.15) is 4.98 Å². The smallest absolute Gasteiger partial charge is 0.228 e. The van der Waals surface area contributed by atoms with E-state index in [0.717, 1.165) is 37.9 Å². The standard InChI is InChI=1S/C12H21N3O/c1-9(2)4-5-10-14-11(16-15-10)8-12(13)6-3-7-12/h9H,3-8,13H2,1-2H3. The Hall–Kier alpha value is -0.900. The van der Waals surface area contributed by atoms with Crippen molar-refractivity contribution in [3.8, 4) is 0 Å². The predicted molar refractivity (Wildman–Crippen MR) is 61.9 cm³/mol. The minimum Gasteiger partial charge on any atom is -0.339 e. The van der Waals surface area contributed by atoms with E-state index in [1.807, 2.05) is 0 Å². The van der Waals surface area contributed by atoms with Gasteiger partial charge in [-0.15, -0.1) is 0 Å². The first kappa shape index (κ1) is 11.6. The van der Waals surface area contributed by atoms with Gasteiger partial charge < -0.3 is 10.3 Å². The Morgan fingerprint density at radius 1 is 1.44 bits per heavy atom. The minimum absolute atomic E-state index is 0.0676. The molecule has 2 rings (SSSR count). The van der Waals surface area contributed by atoms with Gasteiger partial charge in [-0.25, -0.2) is 0 Å². The summed E-state index contributed by atoms with van der Waals surface area (Å²) in [5, 5.41) is 3.99. The zero-order valence-electron chi connectivity index (χ0n) is 10.2. The van der Waals surface area contributed by atoms with Gasteiger partial charge in [-0.3, -0.25) is 0 Å². The number of aryl methyl sites for hydroxylation is 1. The second kappa shape index (κ2) is 4.53. The molecule has 0 amide bonds. The summed E-state index contributed by atoms with van der Waals surface area (Å²) in [7, 11) is 0. The van der Waals surface area contributed by atoms with Crippen molar-refractivity contribution in [3.05, 3.63) is 11.7 Å². The number of nitrogens with zero attached hydrogens (tertiary/aromatic N) is 2. The van der Waals surface area contributed by atoms with E-state index in [0.29, 0.717) is 11.8 Å².